The van der Waals surface area contributed by atoms with Gasteiger partial charge in [-0.3, -0.25) is 8.75 Å². The number of benzene rings is 1. The van der Waals surface area contributed by atoms with Gasteiger partial charge in [0.2, 0.25) is 0 Å². The van der Waals surface area contributed by atoms with Gasteiger partial charge in [0.05, 0.1) is 10.1 Å². The largest absolute Gasteiger partial charge is 0.316 e. The van der Waals surface area contributed by atoms with Gasteiger partial charge in [0, 0.05) is 6.04 Å². The molecule has 0 saturated carbocycles. The third-order valence-corrected chi connectivity index (χ3v) is 5.15. The van der Waals surface area contributed by atoms with E-state index in [1.165, 1.54) is 12.8 Å². The smallest absolute Gasteiger partial charge is 0.268 e. The highest BCUT2D eigenvalue weighted by Gasteiger charge is 2.23. The van der Waals surface area contributed by atoms with Crippen LogP contribution in [0.1, 0.15) is 25.8 Å². The van der Waals surface area contributed by atoms with E-state index in [2.05, 4.69) is 12.2 Å². The van der Waals surface area contributed by atoms with Crippen molar-refractivity contribution in [3.8, 4) is 0 Å². The molecule has 0 bridgehead atoms. The van der Waals surface area contributed by atoms with Gasteiger partial charge in [-0.1, -0.05) is 23.7 Å². The Morgan fingerprint density at radius 2 is 2.28 bits per heavy atom. The molecule has 1 fully saturated rings. The number of nitrogens with zero attached hydrogens (tertiary/aromatic N) is 1. The zero-order chi connectivity index (χ0) is 12.5. The number of nitrogens with one attached hydrogen (secondary N) is 1. The summed E-state index contributed by atoms with van der Waals surface area (Å²) in [6.07, 6.45) is 2.43. The topological polar surface area (TPSA) is 34.0 Å². The summed E-state index contributed by atoms with van der Waals surface area (Å²) in [6, 6.07) is 8.19. The van der Waals surface area contributed by atoms with Gasteiger partial charge in [-0.2, -0.15) is 0 Å². The second-order valence-electron chi connectivity index (χ2n) is 5.07. The molecule has 0 radical (unpaired) electrons. The number of rotatable bonds is 2. The van der Waals surface area contributed by atoms with Crippen molar-refractivity contribution in [1.82, 2.24) is 9.27 Å². The molecule has 3 nitrogen and oxygen atoms in total. The fourth-order valence-electron chi connectivity index (χ4n) is 2.74. The summed E-state index contributed by atoms with van der Waals surface area (Å²) in [4.78, 5) is 12.4. The van der Waals surface area contributed by atoms with Crippen LogP contribution in [0.15, 0.2) is 29.1 Å². The van der Waals surface area contributed by atoms with Crippen molar-refractivity contribution in [2.75, 3.05) is 13.1 Å². The molecule has 2 atom stereocenters. The van der Waals surface area contributed by atoms with E-state index in [1.54, 1.807) is 11.5 Å². The summed E-state index contributed by atoms with van der Waals surface area (Å²) >= 11 is 1.60. The van der Waals surface area contributed by atoms with Crippen molar-refractivity contribution in [2.45, 2.75) is 25.8 Å². The van der Waals surface area contributed by atoms with Crippen LogP contribution in [-0.2, 0) is 0 Å². The van der Waals surface area contributed by atoms with Crippen LogP contribution in [0.3, 0.4) is 0 Å². The Labute approximate surface area is 111 Å². The zero-order valence-electron chi connectivity index (χ0n) is 10.6. The number of fused-ring (bicyclic) bond motifs is 1. The van der Waals surface area contributed by atoms with Gasteiger partial charge in [0.15, 0.2) is 0 Å². The van der Waals surface area contributed by atoms with Gasteiger partial charge in [-0.15, -0.1) is 0 Å². The Morgan fingerprint density at radius 3 is 3.00 bits per heavy atom. The molecule has 1 aromatic heterocycles. The average Bonchev–Trinajstić information content (AvgIpc) is 2.77. The van der Waals surface area contributed by atoms with E-state index < -0.39 is 0 Å². The van der Waals surface area contributed by atoms with Crippen LogP contribution in [-0.4, -0.2) is 17.0 Å². The van der Waals surface area contributed by atoms with E-state index in [0.29, 0.717) is 12.0 Å². The minimum atomic E-state index is 0.175. The third kappa shape index (κ3) is 1.99. The van der Waals surface area contributed by atoms with Crippen LogP contribution < -0.4 is 10.9 Å². The number of hydrogen-bond donors (Lipinski definition) is 1. The molecule has 2 unspecified atom stereocenters. The first-order valence-corrected chi connectivity index (χ1v) is 7.36. The fraction of sp³-hybridized carbons (Fsp3) is 0.500. The predicted octanol–water partition coefficient (Wildman–Crippen LogP) is 2.62. The summed E-state index contributed by atoms with van der Waals surface area (Å²) in [5, 5.41) is 4.29. The van der Waals surface area contributed by atoms with Crippen molar-refractivity contribution in [3.63, 3.8) is 0 Å². The van der Waals surface area contributed by atoms with Crippen molar-refractivity contribution in [1.29, 1.82) is 0 Å². The van der Waals surface area contributed by atoms with Crippen molar-refractivity contribution >= 4 is 21.6 Å². The molecule has 2 aromatic rings. The predicted molar refractivity (Wildman–Crippen MR) is 76.4 cm³/mol. The van der Waals surface area contributed by atoms with Gasteiger partial charge in [0.1, 0.15) is 0 Å². The van der Waals surface area contributed by atoms with E-state index in [1.807, 2.05) is 28.2 Å². The quantitative estimate of drug-likeness (QED) is 0.902. The summed E-state index contributed by atoms with van der Waals surface area (Å²) in [6.45, 7) is 4.32. The maximum atomic E-state index is 12.4. The van der Waals surface area contributed by atoms with E-state index in [-0.39, 0.29) is 5.56 Å². The van der Waals surface area contributed by atoms with Crippen molar-refractivity contribution in [3.05, 3.63) is 34.6 Å². The molecule has 1 aliphatic heterocycles. The molecule has 1 N–H and O–H groups in total. The molecule has 1 aromatic carbocycles. The Bertz CT molecular complexity index is 595. The SMILES string of the molecule is CC(C1CCCNC1)n1sc2ccccc2c1=O. The molecule has 96 valence electrons. The summed E-state index contributed by atoms with van der Waals surface area (Å²) < 4.78 is 3.06. The summed E-state index contributed by atoms with van der Waals surface area (Å²) in [7, 11) is 0. The number of piperidine rings is 1. The molecule has 0 spiro atoms. The van der Waals surface area contributed by atoms with Crippen LogP contribution >= 0.6 is 11.5 Å². The highest BCUT2D eigenvalue weighted by Crippen LogP contribution is 2.27. The van der Waals surface area contributed by atoms with E-state index in [0.717, 1.165) is 23.2 Å². The van der Waals surface area contributed by atoms with Gasteiger partial charge >= 0.3 is 0 Å². The van der Waals surface area contributed by atoms with Gasteiger partial charge in [-0.05, 0) is 50.9 Å². The first-order chi connectivity index (χ1) is 8.77. The first-order valence-electron chi connectivity index (χ1n) is 6.58. The van der Waals surface area contributed by atoms with Crippen LogP contribution in [0, 0.1) is 5.92 Å². The molecular weight excluding hydrogens is 244 g/mol. The van der Waals surface area contributed by atoms with Crippen LogP contribution in [0.2, 0.25) is 0 Å². The Hall–Kier alpha value is -1.13. The number of hydrogen-bond acceptors (Lipinski definition) is 3. The normalized spacial score (nSPS) is 22.2. The monoisotopic (exact) mass is 262 g/mol. The summed E-state index contributed by atoms with van der Waals surface area (Å²) in [5.41, 5.74) is 0.175. The van der Waals surface area contributed by atoms with E-state index in [9.17, 15) is 4.79 Å². The third-order valence-electron chi connectivity index (χ3n) is 3.90. The Kier molecular flexibility index (Phi) is 3.22. The maximum Gasteiger partial charge on any atom is 0.268 e. The minimum absolute atomic E-state index is 0.175. The molecule has 3 rings (SSSR count). The Morgan fingerprint density at radius 1 is 1.44 bits per heavy atom. The second-order valence-corrected chi connectivity index (χ2v) is 6.08. The van der Waals surface area contributed by atoms with E-state index in [4.69, 9.17) is 0 Å². The lowest BCUT2D eigenvalue weighted by Gasteiger charge is -2.28. The molecule has 4 heteroatoms. The van der Waals surface area contributed by atoms with Crippen LogP contribution in [0.4, 0.5) is 0 Å². The van der Waals surface area contributed by atoms with Gasteiger partial charge in [0.25, 0.3) is 5.56 Å². The average molecular weight is 262 g/mol. The molecule has 2 heterocycles. The molecule has 0 aliphatic carbocycles. The van der Waals surface area contributed by atoms with Crippen LogP contribution in [0.5, 0.6) is 0 Å². The minimum Gasteiger partial charge on any atom is -0.316 e. The lowest BCUT2D eigenvalue weighted by Crippen LogP contribution is -2.35. The highest BCUT2D eigenvalue weighted by atomic mass is 32.1. The van der Waals surface area contributed by atoms with Gasteiger partial charge < -0.3 is 5.32 Å². The lowest BCUT2D eigenvalue weighted by atomic mass is 9.93. The molecule has 0 amide bonds. The molecular formula is C14H18N2OS. The summed E-state index contributed by atoms with van der Waals surface area (Å²) in [5.74, 6) is 0.574. The Balaban J connectivity index is 1.98. The maximum absolute atomic E-state index is 12.4. The first kappa shape index (κ1) is 11.9. The van der Waals surface area contributed by atoms with Crippen molar-refractivity contribution < 1.29 is 0 Å². The van der Waals surface area contributed by atoms with Crippen molar-refractivity contribution in [2.24, 2.45) is 5.92 Å². The molecule has 18 heavy (non-hydrogen) atoms. The number of aromatic nitrogens is 1. The highest BCUT2D eigenvalue weighted by molar-refractivity contribution is 7.13. The zero-order valence-corrected chi connectivity index (χ0v) is 11.4. The van der Waals surface area contributed by atoms with E-state index >= 15 is 0 Å². The van der Waals surface area contributed by atoms with Crippen LogP contribution in [0.25, 0.3) is 10.1 Å². The second kappa shape index (κ2) is 4.86. The standard InChI is InChI=1S/C14H18N2OS/c1-10(11-5-4-8-15-9-11)16-14(17)12-6-2-3-7-13(12)18-16/h2-3,6-7,10-11,15H,4-5,8-9H2,1H3. The lowest BCUT2D eigenvalue weighted by molar-refractivity contribution is 0.288. The fourth-order valence-corrected chi connectivity index (χ4v) is 3.86. The van der Waals surface area contributed by atoms with Gasteiger partial charge in [-0.25, -0.2) is 0 Å². The molecule has 1 aliphatic rings. The molecule has 1 saturated heterocycles.